The first kappa shape index (κ1) is 18.3. The summed E-state index contributed by atoms with van der Waals surface area (Å²) in [4.78, 5) is 14.5. The Balaban J connectivity index is 1.57. The van der Waals surface area contributed by atoms with Crippen molar-refractivity contribution >= 4 is 15.9 Å². The largest absolute Gasteiger partial charge is 0.360 e. The summed E-state index contributed by atoms with van der Waals surface area (Å²) in [6.45, 7) is 7.35. The van der Waals surface area contributed by atoms with Crippen LogP contribution in [-0.2, 0) is 14.8 Å². The molecule has 0 unspecified atom stereocenters. The minimum Gasteiger partial charge on any atom is -0.360 e. The van der Waals surface area contributed by atoms with Gasteiger partial charge in [0.05, 0.1) is 0 Å². The van der Waals surface area contributed by atoms with Crippen molar-refractivity contribution in [2.45, 2.75) is 38.0 Å². The SMILES string of the molecule is Cc1noc(C)c1S(=O)(=O)N1CCC(CC(=O)N2CCNCC2)CC1. The molecule has 8 nitrogen and oxygen atoms in total. The number of hydrogen-bond acceptors (Lipinski definition) is 6. The maximum atomic E-state index is 12.8. The topological polar surface area (TPSA) is 95.8 Å². The Hall–Kier alpha value is -1.45. The van der Waals surface area contributed by atoms with E-state index >= 15 is 0 Å². The molecule has 0 saturated carbocycles. The summed E-state index contributed by atoms with van der Waals surface area (Å²) < 4.78 is 32.1. The fraction of sp³-hybridized carbons (Fsp3) is 0.750. The van der Waals surface area contributed by atoms with Crippen molar-refractivity contribution in [3.05, 3.63) is 11.5 Å². The molecule has 2 aliphatic rings. The van der Waals surface area contributed by atoms with Gasteiger partial charge in [-0.2, -0.15) is 4.31 Å². The number of rotatable bonds is 4. The van der Waals surface area contributed by atoms with Gasteiger partial charge in [-0.05, 0) is 32.6 Å². The summed E-state index contributed by atoms with van der Waals surface area (Å²) in [6.07, 6.45) is 1.93. The van der Waals surface area contributed by atoms with Crippen LogP contribution in [0.1, 0.15) is 30.7 Å². The number of carbonyl (C=O) groups excluding carboxylic acids is 1. The Labute approximate surface area is 148 Å². The van der Waals surface area contributed by atoms with Crippen molar-refractivity contribution in [1.29, 1.82) is 0 Å². The van der Waals surface area contributed by atoms with Crippen LogP contribution < -0.4 is 5.32 Å². The number of amides is 1. The van der Waals surface area contributed by atoms with Gasteiger partial charge >= 0.3 is 0 Å². The van der Waals surface area contributed by atoms with E-state index in [-0.39, 0.29) is 16.7 Å². The second kappa shape index (κ2) is 7.43. The number of piperidine rings is 1. The minimum absolute atomic E-state index is 0.183. The lowest BCUT2D eigenvalue weighted by atomic mass is 9.94. The highest BCUT2D eigenvalue weighted by molar-refractivity contribution is 7.89. The van der Waals surface area contributed by atoms with Crippen LogP contribution in [0.15, 0.2) is 9.42 Å². The monoisotopic (exact) mass is 370 g/mol. The first-order valence-electron chi connectivity index (χ1n) is 8.81. The van der Waals surface area contributed by atoms with E-state index < -0.39 is 10.0 Å². The third-order valence-electron chi connectivity index (χ3n) is 5.07. The number of piperazine rings is 1. The second-order valence-electron chi connectivity index (χ2n) is 6.84. The van der Waals surface area contributed by atoms with Crippen LogP contribution in [-0.4, -0.2) is 68.0 Å². The standard InChI is InChI=1S/C16H26N4O4S/c1-12-16(13(2)24-18-12)25(22,23)20-7-3-14(4-8-20)11-15(21)19-9-5-17-6-10-19/h14,17H,3-11H2,1-2H3. The average Bonchev–Trinajstić information content (AvgIpc) is 2.95. The zero-order valence-electron chi connectivity index (χ0n) is 14.8. The maximum Gasteiger partial charge on any atom is 0.248 e. The molecule has 0 bridgehead atoms. The number of sulfonamides is 1. The zero-order valence-corrected chi connectivity index (χ0v) is 15.6. The number of nitrogens with one attached hydrogen (secondary N) is 1. The molecule has 0 spiro atoms. The molecule has 2 aliphatic heterocycles. The molecule has 2 fully saturated rings. The molecule has 0 radical (unpaired) electrons. The zero-order chi connectivity index (χ0) is 18.0. The van der Waals surface area contributed by atoms with E-state index in [0.29, 0.717) is 43.8 Å². The molecule has 25 heavy (non-hydrogen) atoms. The molecule has 1 N–H and O–H groups in total. The summed E-state index contributed by atoms with van der Waals surface area (Å²) in [5, 5.41) is 6.99. The number of hydrogen-bond donors (Lipinski definition) is 1. The smallest absolute Gasteiger partial charge is 0.248 e. The Bertz CT molecular complexity index is 697. The van der Waals surface area contributed by atoms with Gasteiger partial charge in [-0.1, -0.05) is 5.16 Å². The molecule has 3 heterocycles. The van der Waals surface area contributed by atoms with Gasteiger partial charge in [0.15, 0.2) is 5.76 Å². The van der Waals surface area contributed by atoms with Gasteiger partial charge in [0.2, 0.25) is 15.9 Å². The van der Waals surface area contributed by atoms with E-state index in [2.05, 4.69) is 10.5 Å². The van der Waals surface area contributed by atoms with E-state index in [1.165, 1.54) is 4.31 Å². The quantitative estimate of drug-likeness (QED) is 0.830. The third-order valence-corrected chi connectivity index (χ3v) is 7.22. The lowest BCUT2D eigenvalue weighted by Gasteiger charge is -2.33. The third kappa shape index (κ3) is 3.88. The predicted molar refractivity (Wildman–Crippen MR) is 91.5 cm³/mol. The highest BCUT2D eigenvalue weighted by Gasteiger charge is 2.34. The summed E-state index contributed by atoms with van der Waals surface area (Å²) in [6, 6.07) is 0. The van der Waals surface area contributed by atoms with Gasteiger partial charge < -0.3 is 14.7 Å². The summed E-state index contributed by atoms with van der Waals surface area (Å²) in [5.74, 6) is 0.764. The van der Waals surface area contributed by atoms with Crippen LogP contribution in [0.3, 0.4) is 0 Å². The normalized spacial score (nSPS) is 20.8. The molecular weight excluding hydrogens is 344 g/mol. The first-order valence-corrected chi connectivity index (χ1v) is 10.2. The molecule has 2 saturated heterocycles. The molecular formula is C16H26N4O4S. The number of aryl methyl sites for hydroxylation is 2. The number of aromatic nitrogens is 1. The van der Waals surface area contributed by atoms with E-state index in [9.17, 15) is 13.2 Å². The first-order chi connectivity index (χ1) is 11.9. The van der Waals surface area contributed by atoms with Crippen molar-refractivity contribution in [2.75, 3.05) is 39.3 Å². The summed E-state index contributed by atoms with van der Waals surface area (Å²) >= 11 is 0. The molecule has 9 heteroatoms. The molecule has 1 aromatic rings. The molecule has 1 amide bonds. The van der Waals surface area contributed by atoms with Gasteiger partial charge in [-0.3, -0.25) is 4.79 Å². The Kier molecular flexibility index (Phi) is 5.45. The van der Waals surface area contributed by atoms with Crippen LogP contribution in [0.4, 0.5) is 0 Å². The molecule has 0 aliphatic carbocycles. The van der Waals surface area contributed by atoms with Crippen molar-refractivity contribution in [2.24, 2.45) is 5.92 Å². The second-order valence-corrected chi connectivity index (χ2v) is 8.71. The fourth-order valence-electron chi connectivity index (χ4n) is 3.62. The molecule has 1 aromatic heterocycles. The van der Waals surface area contributed by atoms with Crippen LogP contribution >= 0.6 is 0 Å². The Morgan fingerprint density at radius 2 is 1.84 bits per heavy atom. The van der Waals surface area contributed by atoms with E-state index in [0.717, 1.165) is 26.2 Å². The van der Waals surface area contributed by atoms with Crippen molar-refractivity contribution in [3.63, 3.8) is 0 Å². The van der Waals surface area contributed by atoms with Crippen LogP contribution in [0, 0.1) is 19.8 Å². The number of nitrogens with zero attached hydrogens (tertiary/aromatic N) is 3. The highest BCUT2D eigenvalue weighted by atomic mass is 32.2. The van der Waals surface area contributed by atoms with Crippen molar-refractivity contribution < 1.29 is 17.7 Å². The summed E-state index contributed by atoms with van der Waals surface area (Å²) in [7, 11) is -3.58. The predicted octanol–water partition coefficient (Wildman–Crippen LogP) is 0.514. The molecule has 140 valence electrons. The molecule has 3 rings (SSSR count). The van der Waals surface area contributed by atoms with Crippen LogP contribution in [0.5, 0.6) is 0 Å². The van der Waals surface area contributed by atoms with Crippen LogP contribution in [0.2, 0.25) is 0 Å². The molecule has 0 atom stereocenters. The van der Waals surface area contributed by atoms with Gasteiger partial charge in [0.25, 0.3) is 0 Å². The van der Waals surface area contributed by atoms with Gasteiger partial charge in [0, 0.05) is 45.7 Å². The average molecular weight is 370 g/mol. The van der Waals surface area contributed by atoms with E-state index in [1.807, 2.05) is 4.90 Å². The Morgan fingerprint density at radius 1 is 1.20 bits per heavy atom. The fourth-order valence-corrected chi connectivity index (χ4v) is 5.38. The number of carbonyl (C=O) groups is 1. The van der Waals surface area contributed by atoms with Gasteiger partial charge in [0.1, 0.15) is 10.6 Å². The van der Waals surface area contributed by atoms with Crippen molar-refractivity contribution in [1.82, 2.24) is 19.7 Å². The minimum atomic E-state index is -3.58. The van der Waals surface area contributed by atoms with Gasteiger partial charge in [-0.15, -0.1) is 0 Å². The van der Waals surface area contributed by atoms with Gasteiger partial charge in [-0.25, -0.2) is 8.42 Å². The van der Waals surface area contributed by atoms with E-state index in [1.54, 1.807) is 13.8 Å². The van der Waals surface area contributed by atoms with Crippen LogP contribution in [0.25, 0.3) is 0 Å². The lowest BCUT2D eigenvalue weighted by Crippen LogP contribution is -2.47. The molecule has 0 aromatic carbocycles. The highest BCUT2D eigenvalue weighted by Crippen LogP contribution is 2.29. The summed E-state index contributed by atoms with van der Waals surface area (Å²) in [5.41, 5.74) is 0.397. The van der Waals surface area contributed by atoms with Crippen molar-refractivity contribution in [3.8, 4) is 0 Å². The van der Waals surface area contributed by atoms with E-state index in [4.69, 9.17) is 4.52 Å². The Morgan fingerprint density at radius 3 is 2.40 bits per heavy atom. The maximum absolute atomic E-state index is 12.8. The lowest BCUT2D eigenvalue weighted by molar-refractivity contribution is -0.133.